The largest absolute Gasteiger partial charge is 0.307 e. The fourth-order valence-electron chi connectivity index (χ4n) is 2.67. The first kappa shape index (κ1) is 16.9. The molecule has 1 aromatic heterocycles. The number of carbonyl (C=O) groups is 1. The lowest BCUT2D eigenvalue weighted by Crippen LogP contribution is -2.33. The van der Waals surface area contributed by atoms with Gasteiger partial charge in [0, 0.05) is 17.9 Å². The molecule has 4 nitrogen and oxygen atoms in total. The Bertz CT molecular complexity index is 828. The molecule has 3 aromatic rings. The minimum atomic E-state index is -0.314. The maximum Gasteiger partial charge on any atom is 0.276 e. The van der Waals surface area contributed by atoms with E-state index < -0.39 is 0 Å². The molecule has 128 valence electrons. The zero-order valence-corrected chi connectivity index (χ0v) is 14.1. The van der Waals surface area contributed by atoms with E-state index in [1.165, 1.54) is 12.1 Å². The summed E-state index contributed by atoms with van der Waals surface area (Å²) in [5, 5.41) is 0. The highest BCUT2D eigenvalue weighted by molar-refractivity contribution is 6.05. The third-order valence-electron chi connectivity index (χ3n) is 4.01. The normalized spacial score (nSPS) is 10.6. The molecular formula is C20H20FN3O. The SMILES string of the molecule is CCCCN(C(=O)c1cncn1-c1ccc(F)cc1)c1ccccc1. The second-order valence-electron chi connectivity index (χ2n) is 5.77. The summed E-state index contributed by atoms with van der Waals surface area (Å²) in [5.74, 6) is -0.438. The summed E-state index contributed by atoms with van der Waals surface area (Å²) in [6.07, 6.45) is 5.02. The number of hydrogen-bond acceptors (Lipinski definition) is 2. The number of nitrogens with zero attached hydrogens (tertiary/aromatic N) is 3. The summed E-state index contributed by atoms with van der Waals surface area (Å²) in [5.41, 5.74) is 2.00. The van der Waals surface area contributed by atoms with E-state index in [2.05, 4.69) is 11.9 Å². The molecule has 0 radical (unpaired) electrons. The van der Waals surface area contributed by atoms with Crippen LogP contribution in [0.25, 0.3) is 5.69 Å². The van der Waals surface area contributed by atoms with E-state index in [0.717, 1.165) is 18.5 Å². The minimum Gasteiger partial charge on any atom is -0.307 e. The Balaban J connectivity index is 1.95. The van der Waals surface area contributed by atoms with Crippen LogP contribution in [0.3, 0.4) is 0 Å². The first-order valence-electron chi connectivity index (χ1n) is 8.36. The Morgan fingerprint density at radius 2 is 1.84 bits per heavy atom. The molecule has 5 heteroatoms. The van der Waals surface area contributed by atoms with Gasteiger partial charge in [0.2, 0.25) is 0 Å². The summed E-state index contributed by atoms with van der Waals surface area (Å²) < 4.78 is 14.9. The summed E-state index contributed by atoms with van der Waals surface area (Å²) >= 11 is 0. The van der Waals surface area contributed by atoms with Gasteiger partial charge in [0.25, 0.3) is 5.91 Å². The van der Waals surface area contributed by atoms with E-state index in [1.807, 2.05) is 30.3 Å². The highest BCUT2D eigenvalue weighted by Gasteiger charge is 2.21. The number of benzene rings is 2. The van der Waals surface area contributed by atoms with Crippen molar-refractivity contribution < 1.29 is 9.18 Å². The van der Waals surface area contributed by atoms with Crippen molar-refractivity contribution in [1.82, 2.24) is 9.55 Å². The Kier molecular flexibility index (Phi) is 5.23. The second kappa shape index (κ2) is 7.75. The molecule has 0 saturated heterocycles. The topological polar surface area (TPSA) is 38.1 Å². The van der Waals surface area contributed by atoms with Gasteiger partial charge in [-0.05, 0) is 42.8 Å². The van der Waals surface area contributed by atoms with Crippen molar-refractivity contribution in [3.63, 3.8) is 0 Å². The number of imidazole rings is 1. The standard InChI is InChI=1S/C20H20FN3O/c1-2-3-13-23(17-7-5-4-6-8-17)20(25)19-14-22-15-24(19)18-11-9-16(21)10-12-18/h4-12,14-15H,2-3,13H2,1H3. The highest BCUT2D eigenvalue weighted by Crippen LogP contribution is 2.20. The summed E-state index contributed by atoms with van der Waals surface area (Å²) in [6, 6.07) is 15.6. The number of rotatable bonds is 6. The predicted molar refractivity (Wildman–Crippen MR) is 96.5 cm³/mol. The number of carbonyl (C=O) groups excluding carboxylic acids is 1. The van der Waals surface area contributed by atoms with Gasteiger partial charge in [0.1, 0.15) is 11.5 Å². The molecule has 0 aliphatic heterocycles. The Morgan fingerprint density at radius 3 is 2.52 bits per heavy atom. The number of halogens is 1. The van der Waals surface area contributed by atoms with Crippen LogP contribution in [0.1, 0.15) is 30.3 Å². The minimum absolute atomic E-state index is 0.124. The van der Waals surface area contributed by atoms with Crippen LogP contribution in [-0.2, 0) is 0 Å². The molecule has 25 heavy (non-hydrogen) atoms. The summed E-state index contributed by atoms with van der Waals surface area (Å²) in [4.78, 5) is 19.0. The third kappa shape index (κ3) is 3.76. The lowest BCUT2D eigenvalue weighted by molar-refractivity contribution is 0.0980. The predicted octanol–water partition coefficient (Wildman–Crippen LogP) is 4.46. The molecule has 0 bridgehead atoms. The monoisotopic (exact) mass is 337 g/mol. The van der Waals surface area contributed by atoms with Crippen LogP contribution >= 0.6 is 0 Å². The van der Waals surface area contributed by atoms with Crippen molar-refractivity contribution in [1.29, 1.82) is 0 Å². The maximum atomic E-state index is 13.2. The molecule has 0 fully saturated rings. The number of aromatic nitrogens is 2. The maximum absolute atomic E-state index is 13.2. The lowest BCUT2D eigenvalue weighted by atomic mass is 10.2. The van der Waals surface area contributed by atoms with Crippen LogP contribution in [0.4, 0.5) is 10.1 Å². The van der Waals surface area contributed by atoms with Gasteiger partial charge < -0.3 is 4.90 Å². The first-order chi connectivity index (χ1) is 12.2. The molecule has 1 heterocycles. The number of hydrogen-bond donors (Lipinski definition) is 0. The van der Waals surface area contributed by atoms with Crippen molar-refractivity contribution in [3.8, 4) is 5.69 Å². The average Bonchev–Trinajstić information content (AvgIpc) is 3.13. The van der Waals surface area contributed by atoms with E-state index in [1.54, 1.807) is 34.1 Å². The molecule has 3 rings (SSSR count). The van der Waals surface area contributed by atoms with Crippen molar-refractivity contribution in [3.05, 3.63) is 78.6 Å². The van der Waals surface area contributed by atoms with Crippen LogP contribution in [0.2, 0.25) is 0 Å². The van der Waals surface area contributed by atoms with E-state index >= 15 is 0 Å². The smallest absolute Gasteiger partial charge is 0.276 e. The third-order valence-corrected chi connectivity index (χ3v) is 4.01. The fourth-order valence-corrected chi connectivity index (χ4v) is 2.67. The van der Waals surface area contributed by atoms with Gasteiger partial charge in [-0.1, -0.05) is 31.5 Å². The van der Waals surface area contributed by atoms with Crippen LogP contribution in [0.5, 0.6) is 0 Å². The summed E-state index contributed by atoms with van der Waals surface area (Å²) in [7, 11) is 0. The average molecular weight is 337 g/mol. The molecule has 0 atom stereocenters. The second-order valence-corrected chi connectivity index (χ2v) is 5.77. The quantitative estimate of drug-likeness (QED) is 0.666. The van der Waals surface area contributed by atoms with Gasteiger partial charge in [-0.2, -0.15) is 0 Å². The van der Waals surface area contributed by atoms with Crippen molar-refractivity contribution in [2.75, 3.05) is 11.4 Å². The molecule has 2 aromatic carbocycles. The fraction of sp³-hybridized carbons (Fsp3) is 0.200. The van der Waals surface area contributed by atoms with Crippen LogP contribution in [-0.4, -0.2) is 22.0 Å². The van der Waals surface area contributed by atoms with Gasteiger partial charge in [0.05, 0.1) is 12.5 Å². The molecular weight excluding hydrogens is 317 g/mol. The molecule has 0 aliphatic rings. The van der Waals surface area contributed by atoms with Gasteiger partial charge >= 0.3 is 0 Å². The zero-order chi connectivity index (χ0) is 17.6. The summed E-state index contributed by atoms with van der Waals surface area (Å²) in [6.45, 7) is 2.73. The van der Waals surface area contributed by atoms with Crippen molar-refractivity contribution in [2.24, 2.45) is 0 Å². The van der Waals surface area contributed by atoms with Gasteiger partial charge in [-0.3, -0.25) is 9.36 Å². The molecule has 0 unspecified atom stereocenters. The Morgan fingerprint density at radius 1 is 1.12 bits per heavy atom. The van der Waals surface area contributed by atoms with Gasteiger partial charge in [-0.15, -0.1) is 0 Å². The van der Waals surface area contributed by atoms with Gasteiger partial charge in [-0.25, -0.2) is 9.37 Å². The Labute approximate surface area is 146 Å². The van der Waals surface area contributed by atoms with Crippen molar-refractivity contribution in [2.45, 2.75) is 19.8 Å². The van der Waals surface area contributed by atoms with E-state index in [-0.39, 0.29) is 11.7 Å². The van der Waals surface area contributed by atoms with E-state index in [9.17, 15) is 9.18 Å². The number of unbranched alkanes of at least 4 members (excludes halogenated alkanes) is 1. The first-order valence-corrected chi connectivity index (χ1v) is 8.36. The van der Waals surface area contributed by atoms with Crippen LogP contribution in [0, 0.1) is 5.82 Å². The number of amides is 1. The van der Waals surface area contributed by atoms with E-state index in [0.29, 0.717) is 17.9 Å². The van der Waals surface area contributed by atoms with Crippen LogP contribution < -0.4 is 4.90 Å². The number of anilines is 1. The lowest BCUT2D eigenvalue weighted by Gasteiger charge is -2.23. The molecule has 1 amide bonds. The molecule has 0 aliphatic carbocycles. The van der Waals surface area contributed by atoms with Crippen molar-refractivity contribution >= 4 is 11.6 Å². The van der Waals surface area contributed by atoms with E-state index in [4.69, 9.17) is 0 Å². The zero-order valence-electron chi connectivity index (χ0n) is 14.1. The highest BCUT2D eigenvalue weighted by atomic mass is 19.1. The van der Waals surface area contributed by atoms with Gasteiger partial charge in [0.15, 0.2) is 0 Å². The molecule has 0 N–H and O–H groups in total. The molecule has 0 saturated carbocycles. The Hall–Kier alpha value is -2.95. The van der Waals surface area contributed by atoms with Crippen LogP contribution in [0.15, 0.2) is 67.1 Å². The molecule has 0 spiro atoms. The number of para-hydroxylation sites is 1.